The van der Waals surface area contributed by atoms with Crippen LogP contribution in [0.3, 0.4) is 0 Å². The van der Waals surface area contributed by atoms with Gasteiger partial charge in [0, 0.05) is 0 Å². The number of cyclic esters (lactones) is 1. The van der Waals surface area contributed by atoms with Crippen molar-refractivity contribution in [2.45, 2.75) is 114 Å². The number of Topliss-reactive ketones (excluding diaryl/α,β-unsaturated/α-hetero) is 1. The van der Waals surface area contributed by atoms with E-state index in [2.05, 4.69) is 13.8 Å². The van der Waals surface area contributed by atoms with E-state index in [0.717, 1.165) is 38.5 Å². The normalized spacial score (nSPS) is 31.5. The number of rotatable bonds is 15. The lowest BCUT2D eigenvalue weighted by molar-refractivity contribution is -0.305. The van der Waals surface area contributed by atoms with E-state index in [4.69, 9.17) is 18.9 Å². The molecule has 2 heterocycles. The molecule has 2 saturated heterocycles. The van der Waals surface area contributed by atoms with Crippen molar-refractivity contribution in [3.63, 3.8) is 0 Å². The van der Waals surface area contributed by atoms with Gasteiger partial charge in [0.1, 0.15) is 37.1 Å². The molecule has 2 rings (SSSR count). The average Bonchev–Trinajstić information content (AvgIpc) is 3.14. The molecule has 2 aliphatic heterocycles. The molecule has 0 bridgehead atoms. The van der Waals surface area contributed by atoms with Gasteiger partial charge in [0.15, 0.2) is 12.4 Å². The number of aliphatic hydroxyl groups excluding tert-OH is 5. The van der Waals surface area contributed by atoms with Gasteiger partial charge in [-0.3, -0.25) is 9.59 Å². The second-order valence-electron chi connectivity index (χ2n) is 9.36. The van der Waals surface area contributed by atoms with Gasteiger partial charge in [0.25, 0.3) is 0 Å². The molecule has 0 amide bonds. The number of carbonyl (C=O) groups is 3. The molecule has 2 aliphatic rings. The Morgan fingerprint density at radius 1 is 0.972 bits per heavy atom. The van der Waals surface area contributed by atoms with Crippen LogP contribution in [0.1, 0.15) is 65.2 Å². The van der Waals surface area contributed by atoms with Crippen molar-refractivity contribution in [1.29, 1.82) is 0 Å². The van der Waals surface area contributed by atoms with Crippen LogP contribution in [0.4, 0.5) is 0 Å². The Morgan fingerprint density at radius 2 is 1.58 bits per heavy atom. The number of aliphatic hydroxyl groups is 5. The standard InChI is InChI=1S/C24H40O12/c1-3-5-7-9-13(10-8-6-4-2)22(31)33-12-14(26)20-19(30)21(23(32)35-20)36-24-18(29)17(28)16(27)15(11-25)34-24/h13-18,20-21,24-29H,3-12H2,1-2H3/t14-,15+,16+,17-,18+,20+,21?,24+/m0/s1. The van der Waals surface area contributed by atoms with Gasteiger partial charge in [-0.15, -0.1) is 0 Å². The van der Waals surface area contributed by atoms with E-state index >= 15 is 0 Å². The van der Waals surface area contributed by atoms with Gasteiger partial charge in [0.05, 0.1) is 12.5 Å². The third kappa shape index (κ3) is 7.91. The third-order valence-electron chi connectivity index (χ3n) is 6.51. The van der Waals surface area contributed by atoms with Crippen molar-refractivity contribution in [2.75, 3.05) is 13.2 Å². The Hall–Kier alpha value is -1.67. The van der Waals surface area contributed by atoms with Gasteiger partial charge in [-0.2, -0.15) is 0 Å². The van der Waals surface area contributed by atoms with Crippen molar-refractivity contribution in [3.8, 4) is 0 Å². The Balaban J connectivity index is 1.93. The molecule has 1 unspecified atom stereocenters. The van der Waals surface area contributed by atoms with Gasteiger partial charge >= 0.3 is 11.9 Å². The van der Waals surface area contributed by atoms with Gasteiger partial charge in [-0.25, -0.2) is 4.79 Å². The minimum atomic E-state index is -1.89. The van der Waals surface area contributed by atoms with E-state index in [0.29, 0.717) is 12.8 Å². The lowest BCUT2D eigenvalue weighted by Crippen LogP contribution is -2.60. The molecule has 208 valence electrons. The summed E-state index contributed by atoms with van der Waals surface area (Å²) < 4.78 is 20.5. The van der Waals surface area contributed by atoms with E-state index in [9.17, 15) is 39.9 Å². The van der Waals surface area contributed by atoms with Crippen LogP contribution in [0.15, 0.2) is 0 Å². The number of esters is 2. The molecular formula is C24H40O12. The number of ketones is 1. The summed E-state index contributed by atoms with van der Waals surface area (Å²) in [5.41, 5.74) is 0. The van der Waals surface area contributed by atoms with Crippen molar-refractivity contribution in [3.05, 3.63) is 0 Å². The summed E-state index contributed by atoms with van der Waals surface area (Å²) in [7, 11) is 0. The molecule has 2 fully saturated rings. The van der Waals surface area contributed by atoms with Crippen LogP contribution in [0.5, 0.6) is 0 Å². The monoisotopic (exact) mass is 520 g/mol. The SMILES string of the molecule is CCCCCC(CCCCC)C(=O)OC[C@H](O)[C@H]1OC(=O)C(O[C@H]2O[C@H](CO)[C@@H](O)[C@H](O)[C@H]2O)C1=O. The highest BCUT2D eigenvalue weighted by molar-refractivity contribution is 6.09. The van der Waals surface area contributed by atoms with E-state index in [1.165, 1.54) is 0 Å². The Labute approximate surface area is 210 Å². The first kappa shape index (κ1) is 30.6. The zero-order valence-electron chi connectivity index (χ0n) is 20.9. The van der Waals surface area contributed by atoms with Crippen LogP contribution in [0.25, 0.3) is 0 Å². The van der Waals surface area contributed by atoms with Crippen LogP contribution in [0.2, 0.25) is 0 Å². The largest absolute Gasteiger partial charge is 0.463 e. The van der Waals surface area contributed by atoms with Gasteiger partial charge in [0.2, 0.25) is 11.9 Å². The maximum atomic E-state index is 12.7. The highest BCUT2D eigenvalue weighted by Gasteiger charge is 2.52. The number of hydrogen-bond acceptors (Lipinski definition) is 12. The molecule has 0 radical (unpaired) electrons. The Kier molecular flexibility index (Phi) is 12.7. The highest BCUT2D eigenvalue weighted by atomic mass is 16.7. The summed E-state index contributed by atoms with van der Waals surface area (Å²) in [5, 5.41) is 49.4. The van der Waals surface area contributed by atoms with E-state index in [1.807, 2.05) is 0 Å². The smallest absolute Gasteiger partial charge is 0.344 e. The summed E-state index contributed by atoms with van der Waals surface area (Å²) in [6.45, 7) is 2.84. The quantitative estimate of drug-likeness (QED) is 0.104. The number of hydrogen-bond donors (Lipinski definition) is 5. The highest BCUT2D eigenvalue weighted by Crippen LogP contribution is 2.27. The molecule has 0 saturated carbocycles. The zero-order valence-corrected chi connectivity index (χ0v) is 20.9. The van der Waals surface area contributed by atoms with Crippen LogP contribution < -0.4 is 0 Å². The number of carbonyl (C=O) groups excluding carboxylic acids is 3. The first-order chi connectivity index (χ1) is 17.2. The van der Waals surface area contributed by atoms with Crippen molar-refractivity contribution >= 4 is 17.7 Å². The molecule has 36 heavy (non-hydrogen) atoms. The van der Waals surface area contributed by atoms with Crippen LogP contribution in [0, 0.1) is 5.92 Å². The lowest BCUT2D eigenvalue weighted by atomic mass is 9.95. The molecule has 0 aromatic carbocycles. The first-order valence-corrected chi connectivity index (χ1v) is 12.7. The summed E-state index contributed by atoms with van der Waals surface area (Å²) >= 11 is 0. The van der Waals surface area contributed by atoms with Crippen LogP contribution in [-0.4, -0.2) is 105 Å². The van der Waals surface area contributed by atoms with E-state index in [1.54, 1.807) is 0 Å². The summed E-state index contributed by atoms with van der Waals surface area (Å²) in [5.74, 6) is -2.95. The van der Waals surface area contributed by atoms with Crippen molar-refractivity contribution in [1.82, 2.24) is 0 Å². The van der Waals surface area contributed by atoms with Crippen molar-refractivity contribution < 1.29 is 58.9 Å². The van der Waals surface area contributed by atoms with Crippen molar-refractivity contribution in [2.24, 2.45) is 5.92 Å². The van der Waals surface area contributed by atoms with Gasteiger partial charge < -0.3 is 44.5 Å². The minimum Gasteiger partial charge on any atom is -0.463 e. The second kappa shape index (κ2) is 14.9. The predicted molar refractivity (Wildman–Crippen MR) is 122 cm³/mol. The van der Waals surface area contributed by atoms with Gasteiger partial charge in [-0.05, 0) is 12.8 Å². The number of unbranched alkanes of at least 4 members (excludes halogenated alkanes) is 4. The summed E-state index contributed by atoms with van der Waals surface area (Å²) in [6, 6.07) is 0. The Bertz CT molecular complexity index is 703. The van der Waals surface area contributed by atoms with Crippen LogP contribution >= 0.6 is 0 Å². The fraction of sp³-hybridized carbons (Fsp3) is 0.875. The molecule has 0 aliphatic carbocycles. The summed E-state index contributed by atoms with van der Waals surface area (Å²) in [6.07, 6.45) is -6.39. The van der Waals surface area contributed by atoms with Gasteiger partial charge in [-0.1, -0.05) is 52.4 Å². The summed E-state index contributed by atoms with van der Waals surface area (Å²) in [4.78, 5) is 37.5. The maximum Gasteiger partial charge on any atom is 0.344 e. The molecule has 8 atom stereocenters. The lowest BCUT2D eigenvalue weighted by Gasteiger charge is -2.39. The van der Waals surface area contributed by atoms with E-state index in [-0.39, 0.29) is 5.92 Å². The molecule has 5 N–H and O–H groups in total. The Morgan fingerprint density at radius 3 is 2.14 bits per heavy atom. The minimum absolute atomic E-state index is 0.320. The molecule has 0 aromatic heterocycles. The topological polar surface area (TPSA) is 189 Å². The second-order valence-corrected chi connectivity index (χ2v) is 9.36. The average molecular weight is 521 g/mol. The first-order valence-electron chi connectivity index (χ1n) is 12.7. The molecule has 12 nitrogen and oxygen atoms in total. The third-order valence-corrected chi connectivity index (χ3v) is 6.51. The molecule has 0 aromatic rings. The number of ether oxygens (including phenoxy) is 4. The fourth-order valence-corrected chi connectivity index (χ4v) is 4.25. The molecule has 12 heteroatoms. The van der Waals surface area contributed by atoms with E-state index < -0.39 is 80.0 Å². The van der Waals surface area contributed by atoms with Crippen LogP contribution in [-0.2, 0) is 33.3 Å². The maximum absolute atomic E-state index is 12.7. The predicted octanol–water partition coefficient (Wildman–Crippen LogP) is -0.653. The zero-order chi connectivity index (χ0) is 26.8. The molecule has 0 spiro atoms. The fourth-order valence-electron chi connectivity index (χ4n) is 4.25. The molecular weight excluding hydrogens is 480 g/mol.